The molecule has 30 heavy (non-hydrogen) atoms. The lowest BCUT2D eigenvalue weighted by molar-refractivity contribution is -0.117. The minimum atomic E-state index is -0.555. The first-order valence-electron chi connectivity index (χ1n) is 9.11. The highest BCUT2D eigenvalue weighted by Crippen LogP contribution is 2.14. The van der Waals surface area contributed by atoms with Crippen LogP contribution in [0.1, 0.15) is 21.5 Å². The molecule has 0 saturated heterocycles. The van der Waals surface area contributed by atoms with Crippen molar-refractivity contribution < 1.29 is 14.3 Å². The number of hydrogen-bond acceptors (Lipinski definition) is 5. The molecule has 0 atom stereocenters. The van der Waals surface area contributed by atoms with Crippen molar-refractivity contribution in [2.75, 3.05) is 7.11 Å². The summed E-state index contributed by atoms with van der Waals surface area (Å²) in [6.07, 6.45) is 6.30. The number of rotatable bonds is 7. The van der Waals surface area contributed by atoms with E-state index < -0.39 is 11.8 Å². The van der Waals surface area contributed by atoms with Crippen LogP contribution in [0.25, 0.3) is 6.08 Å². The lowest BCUT2D eigenvalue weighted by Crippen LogP contribution is -2.32. The molecule has 3 rings (SSSR count). The Kier molecular flexibility index (Phi) is 7.05. The van der Waals surface area contributed by atoms with Gasteiger partial charge in [0, 0.05) is 18.0 Å². The molecule has 0 saturated carbocycles. The van der Waals surface area contributed by atoms with Crippen LogP contribution in [-0.4, -0.2) is 30.1 Å². The van der Waals surface area contributed by atoms with E-state index in [0.29, 0.717) is 16.9 Å². The molecule has 150 valence electrons. The predicted octanol–water partition coefficient (Wildman–Crippen LogP) is 3.01. The standard InChI is InChI=1S/C23H20N4O3/c1-30-20-9-7-17(8-10-20)15-21(26-22(28)19-5-3-2-4-6-19)23(29)27-25-16-18-11-13-24-14-12-18/h2-16H,1H3,(H,26,28)(H,27,29)/b21-15-,25-16-. The van der Waals surface area contributed by atoms with Gasteiger partial charge in [-0.2, -0.15) is 5.10 Å². The number of pyridine rings is 1. The molecular formula is C23H20N4O3. The summed E-state index contributed by atoms with van der Waals surface area (Å²) in [7, 11) is 1.57. The number of hydrogen-bond donors (Lipinski definition) is 2. The highest BCUT2D eigenvalue weighted by atomic mass is 16.5. The molecule has 0 fully saturated rings. The number of methoxy groups -OCH3 is 1. The zero-order valence-electron chi connectivity index (χ0n) is 16.3. The molecule has 0 aliphatic rings. The Hall–Kier alpha value is -4.26. The molecule has 1 heterocycles. The molecule has 0 radical (unpaired) electrons. The van der Waals surface area contributed by atoms with E-state index in [1.165, 1.54) is 6.21 Å². The minimum absolute atomic E-state index is 0.0564. The van der Waals surface area contributed by atoms with E-state index >= 15 is 0 Å². The molecule has 7 nitrogen and oxygen atoms in total. The van der Waals surface area contributed by atoms with Crippen molar-refractivity contribution in [2.45, 2.75) is 0 Å². The topological polar surface area (TPSA) is 92.7 Å². The van der Waals surface area contributed by atoms with Crippen LogP contribution in [0.4, 0.5) is 0 Å². The van der Waals surface area contributed by atoms with Gasteiger partial charge >= 0.3 is 0 Å². The molecule has 0 unspecified atom stereocenters. The fourth-order valence-corrected chi connectivity index (χ4v) is 2.48. The maximum absolute atomic E-state index is 12.7. The minimum Gasteiger partial charge on any atom is -0.497 e. The number of aromatic nitrogens is 1. The van der Waals surface area contributed by atoms with E-state index in [0.717, 1.165) is 5.56 Å². The second-order valence-electron chi connectivity index (χ2n) is 6.13. The van der Waals surface area contributed by atoms with Crippen LogP contribution in [0, 0.1) is 0 Å². The molecule has 2 N–H and O–H groups in total. The lowest BCUT2D eigenvalue weighted by Gasteiger charge is -2.09. The molecule has 0 spiro atoms. The van der Waals surface area contributed by atoms with Crippen molar-refractivity contribution in [2.24, 2.45) is 5.10 Å². The molecule has 0 aliphatic carbocycles. The number of nitrogens with one attached hydrogen (secondary N) is 2. The summed E-state index contributed by atoms with van der Waals surface area (Å²) in [6, 6.07) is 19.2. The molecule has 3 aromatic rings. The normalized spacial score (nSPS) is 11.2. The van der Waals surface area contributed by atoms with Gasteiger partial charge in [0.2, 0.25) is 0 Å². The maximum Gasteiger partial charge on any atom is 0.287 e. The van der Waals surface area contributed by atoms with Gasteiger partial charge in [-0.1, -0.05) is 30.3 Å². The molecule has 0 aliphatic heterocycles. The van der Waals surface area contributed by atoms with Gasteiger partial charge in [0.1, 0.15) is 11.4 Å². The van der Waals surface area contributed by atoms with Gasteiger partial charge in [0.15, 0.2) is 0 Å². The van der Waals surface area contributed by atoms with Crippen molar-refractivity contribution in [3.8, 4) is 5.75 Å². The molecular weight excluding hydrogens is 380 g/mol. The van der Waals surface area contributed by atoms with Crippen LogP contribution in [0.2, 0.25) is 0 Å². The van der Waals surface area contributed by atoms with Crippen LogP contribution < -0.4 is 15.5 Å². The number of ether oxygens (including phenoxy) is 1. The van der Waals surface area contributed by atoms with Crippen molar-refractivity contribution in [3.63, 3.8) is 0 Å². The fourth-order valence-electron chi connectivity index (χ4n) is 2.48. The van der Waals surface area contributed by atoms with Crippen molar-refractivity contribution >= 4 is 24.1 Å². The molecule has 0 bridgehead atoms. The number of hydrazone groups is 1. The molecule has 2 amide bonds. The first-order chi connectivity index (χ1) is 14.7. The van der Waals surface area contributed by atoms with Gasteiger partial charge in [0.05, 0.1) is 13.3 Å². The lowest BCUT2D eigenvalue weighted by atomic mass is 10.1. The highest BCUT2D eigenvalue weighted by molar-refractivity contribution is 6.05. The number of carbonyl (C=O) groups is 2. The predicted molar refractivity (Wildman–Crippen MR) is 115 cm³/mol. The summed E-state index contributed by atoms with van der Waals surface area (Å²) >= 11 is 0. The molecule has 2 aromatic carbocycles. The first kappa shape index (κ1) is 20.5. The first-order valence-corrected chi connectivity index (χ1v) is 9.11. The van der Waals surface area contributed by atoms with Crippen molar-refractivity contribution in [1.82, 2.24) is 15.7 Å². The Morgan fingerprint density at radius 1 is 0.933 bits per heavy atom. The quantitative estimate of drug-likeness (QED) is 0.362. The Morgan fingerprint density at radius 3 is 2.30 bits per heavy atom. The average molecular weight is 400 g/mol. The van der Waals surface area contributed by atoms with E-state index in [1.54, 1.807) is 86.2 Å². The summed E-state index contributed by atoms with van der Waals surface area (Å²) in [5.74, 6) is -0.266. The van der Waals surface area contributed by atoms with Gasteiger partial charge in [-0.15, -0.1) is 0 Å². The fraction of sp³-hybridized carbons (Fsp3) is 0.0435. The van der Waals surface area contributed by atoms with Gasteiger partial charge in [-0.25, -0.2) is 5.43 Å². The van der Waals surface area contributed by atoms with E-state index in [9.17, 15) is 9.59 Å². The molecule has 7 heteroatoms. The van der Waals surface area contributed by atoms with Gasteiger partial charge in [-0.05, 0) is 53.6 Å². The SMILES string of the molecule is COc1ccc(/C=C(\NC(=O)c2ccccc2)C(=O)N/N=C\c2ccncc2)cc1. The number of nitrogens with zero attached hydrogens (tertiary/aromatic N) is 2. The second kappa shape index (κ2) is 10.3. The van der Waals surface area contributed by atoms with Crippen LogP contribution in [0.5, 0.6) is 5.75 Å². The Labute approximate surface area is 174 Å². The van der Waals surface area contributed by atoms with Gasteiger partial charge in [-0.3, -0.25) is 14.6 Å². The Morgan fingerprint density at radius 2 is 1.63 bits per heavy atom. The van der Waals surface area contributed by atoms with E-state index in [-0.39, 0.29) is 5.70 Å². The summed E-state index contributed by atoms with van der Waals surface area (Å²) in [4.78, 5) is 29.2. The van der Waals surface area contributed by atoms with Crippen molar-refractivity contribution in [3.05, 3.63) is 102 Å². The zero-order chi connectivity index (χ0) is 21.2. The van der Waals surface area contributed by atoms with E-state index in [2.05, 4.69) is 20.8 Å². The summed E-state index contributed by atoms with van der Waals surface area (Å²) in [5.41, 5.74) is 4.42. The summed E-state index contributed by atoms with van der Waals surface area (Å²) in [6.45, 7) is 0. The van der Waals surface area contributed by atoms with Crippen molar-refractivity contribution in [1.29, 1.82) is 0 Å². The summed E-state index contributed by atoms with van der Waals surface area (Å²) < 4.78 is 5.15. The second-order valence-corrected chi connectivity index (χ2v) is 6.13. The van der Waals surface area contributed by atoms with E-state index in [4.69, 9.17) is 4.74 Å². The van der Waals surface area contributed by atoms with Gasteiger partial charge < -0.3 is 10.1 Å². The maximum atomic E-state index is 12.7. The molecule has 1 aromatic heterocycles. The third kappa shape index (κ3) is 5.87. The number of carbonyl (C=O) groups excluding carboxylic acids is 2. The van der Waals surface area contributed by atoms with Crippen LogP contribution in [0.15, 0.2) is 89.9 Å². The smallest absolute Gasteiger partial charge is 0.287 e. The third-order valence-corrected chi connectivity index (χ3v) is 4.04. The van der Waals surface area contributed by atoms with Crippen LogP contribution in [0.3, 0.4) is 0 Å². The van der Waals surface area contributed by atoms with Crippen LogP contribution >= 0.6 is 0 Å². The number of benzene rings is 2. The Balaban J connectivity index is 1.80. The third-order valence-electron chi connectivity index (χ3n) is 4.04. The monoisotopic (exact) mass is 400 g/mol. The largest absolute Gasteiger partial charge is 0.497 e. The Bertz CT molecular complexity index is 1050. The highest BCUT2D eigenvalue weighted by Gasteiger charge is 2.14. The van der Waals surface area contributed by atoms with Crippen LogP contribution in [-0.2, 0) is 4.79 Å². The zero-order valence-corrected chi connectivity index (χ0v) is 16.3. The van der Waals surface area contributed by atoms with Gasteiger partial charge in [0.25, 0.3) is 11.8 Å². The van der Waals surface area contributed by atoms with E-state index in [1.807, 2.05) is 6.07 Å². The number of amides is 2. The summed E-state index contributed by atoms with van der Waals surface area (Å²) in [5, 5.41) is 6.60. The average Bonchev–Trinajstić information content (AvgIpc) is 2.80.